The summed E-state index contributed by atoms with van der Waals surface area (Å²) in [4.78, 5) is 13.5. The smallest absolute Gasteiger partial charge is 0.325 e. The van der Waals surface area contributed by atoms with Crippen LogP contribution in [0.4, 0.5) is 0 Å². The van der Waals surface area contributed by atoms with E-state index < -0.39 is 0 Å². The Kier molecular flexibility index (Phi) is 1.83. The first-order chi connectivity index (χ1) is 5.70. The van der Waals surface area contributed by atoms with Crippen molar-refractivity contribution in [2.75, 3.05) is 6.54 Å². The summed E-state index contributed by atoms with van der Waals surface area (Å²) >= 11 is 0. The van der Waals surface area contributed by atoms with Crippen LogP contribution in [0.2, 0.25) is 0 Å². The molecule has 0 aliphatic carbocycles. The van der Waals surface area contributed by atoms with Crippen molar-refractivity contribution in [2.45, 2.75) is 39.0 Å². The van der Waals surface area contributed by atoms with Crippen LogP contribution < -0.4 is 0 Å². The minimum Gasteiger partial charge on any atom is -0.445 e. The van der Waals surface area contributed by atoms with E-state index in [1.165, 1.54) is 0 Å². The Hall–Kier alpha value is -0.570. The Morgan fingerprint density at radius 3 is 3.00 bits per heavy atom. The predicted molar refractivity (Wildman–Crippen MR) is 44.4 cm³/mol. The average molecular weight is 169 g/mol. The van der Waals surface area contributed by atoms with Gasteiger partial charge in [0.2, 0.25) is 0 Å². The van der Waals surface area contributed by atoms with Crippen molar-refractivity contribution < 1.29 is 9.53 Å². The Bertz CT molecular complexity index is 203. The highest BCUT2D eigenvalue weighted by atomic mass is 16.6. The number of hydrogen-bond donors (Lipinski definition) is 0. The summed E-state index contributed by atoms with van der Waals surface area (Å²) in [7, 11) is 0. The Labute approximate surface area is 72.7 Å². The summed E-state index contributed by atoms with van der Waals surface area (Å²) in [5, 5.41) is 0. The van der Waals surface area contributed by atoms with Crippen LogP contribution in [0.15, 0.2) is 0 Å². The molecule has 0 radical (unpaired) electrons. The van der Waals surface area contributed by atoms with Gasteiger partial charge < -0.3 is 4.74 Å². The molecule has 1 unspecified atom stereocenters. The van der Waals surface area contributed by atoms with E-state index in [9.17, 15) is 4.79 Å². The first kappa shape index (κ1) is 8.05. The lowest BCUT2D eigenvalue weighted by atomic mass is 10.2. The van der Waals surface area contributed by atoms with E-state index in [0.29, 0.717) is 5.92 Å². The molecule has 2 saturated heterocycles. The minimum absolute atomic E-state index is 0.00815. The first-order valence-corrected chi connectivity index (χ1v) is 4.66. The molecule has 12 heavy (non-hydrogen) atoms. The van der Waals surface area contributed by atoms with Crippen LogP contribution in [-0.2, 0) is 9.53 Å². The number of esters is 1. The molecule has 3 nitrogen and oxygen atoms in total. The van der Waals surface area contributed by atoms with Crippen molar-refractivity contribution >= 4 is 5.97 Å². The summed E-state index contributed by atoms with van der Waals surface area (Å²) in [5.74, 6) is 0.406. The molecule has 0 bridgehead atoms. The molecule has 0 saturated carbocycles. The summed E-state index contributed by atoms with van der Waals surface area (Å²) in [5.41, 5.74) is 0. The molecule has 68 valence electrons. The third kappa shape index (κ3) is 1.04. The van der Waals surface area contributed by atoms with Crippen LogP contribution in [0, 0.1) is 5.92 Å². The van der Waals surface area contributed by atoms with Gasteiger partial charge in [-0.3, -0.25) is 9.69 Å². The van der Waals surface area contributed by atoms with Crippen LogP contribution in [-0.4, -0.2) is 29.7 Å². The summed E-state index contributed by atoms with van der Waals surface area (Å²) in [6.07, 6.45) is 2.18. The lowest BCUT2D eigenvalue weighted by Gasteiger charge is -2.22. The molecule has 2 heterocycles. The number of nitrogens with zero attached hydrogens (tertiary/aromatic N) is 1. The molecular weight excluding hydrogens is 154 g/mol. The molecule has 2 rings (SSSR count). The maximum Gasteiger partial charge on any atom is 0.325 e. The Morgan fingerprint density at radius 1 is 1.58 bits per heavy atom. The topological polar surface area (TPSA) is 29.5 Å². The van der Waals surface area contributed by atoms with E-state index in [4.69, 9.17) is 4.74 Å². The van der Waals surface area contributed by atoms with Gasteiger partial charge in [0.25, 0.3) is 0 Å². The summed E-state index contributed by atoms with van der Waals surface area (Å²) in [6, 6.07) is 0.0809. The van der Waals surface area contributed by atoms with E-state index in [-0.39, 0.29) is 18.2 Å². The molecule has 0 aromatic carbocycles. The van der Waals surface area contributed by atoms with E-state index in [2.05, 4.69) is 18.7 Å². The monoisotopic (exact) mass is 169 g/mol. The molecule has 2 fully saturated rings. The highest BCUT2D eigenvalue weighted by Gasteiger charge is 2.45. The molecule has 0 amide bonds. The zero-order chi connectivity index (χ0) is 8.72. The molecule has 3 heteroatoms. The van der Waals surface area contributed by atoms with Crippen LogP contribution in [0.5, 0.6) is 0 Å². The number of hydrogen-bond acceptors (Lipinski definition) is 3. The molecule has 2 aliphatic rings. The molecule has 0 aromatic heterocycles. The van der Waals surface area contributed by atoms with Crippen molar-refractivity contribution in [1.29, 1.82) is 0 Å². The van der Waals surface area contributed by atoms with Crippen LogP contribution in [0.1, 0.15) is 26.7 Å². The highest BCUT2D eigenvalue weighted by Crippen LogP contribution is 2.31. The molecular formula is C9H15NO2. The van der Waals surface area contributed by atoms with Gasteiger partial charge in [-0.25, -0.2) is 0 Å². The molecule has 2 atom stereocenters. The lowest BCUT2D eigenvalue weighted by Crippen LogP contribution is -2.35. The van der Waals surface area contributed by atoms with Gasteiger partial charge in [0.1, 0.15) is 6.04 Å². The predicted octanol–water partition coefficient (Wildman–Crippen LogP) is 0.990. The van der Waals surface area contributed by atoms with E-state index in [1.54, 1.807) is 0 Å². The lowest BCUT2D eigenvalue weighted by molar-refractivity contribution is -0.144. The van der Waals surface area contributed by atoms with E-state index in [1.807, 2.05) is 0 Å². The number of carbonyl (C=O) groups is 1. The van der Waals surface area contributed by atoms with Crippen LogP contribution in [0.3, 0.4) is 0 Å². The maximum atomic E-state index is 11.3. The van der Waals surface area contributed by atoms with Crippen LogP contribution >= 0.6 is 0 Å². The fourth-order valence-electron chi connectivity index (χ4n) is 2.13. The van der Waals surface area contributed by atoms with Gasteiger partial charge in [-0.05, 0) is 12.8 Å². The standard InChI is InChI=1S/C9H15NO2/c1-6(2)8-10-5-3-4-7(10)9(11)12-8/h6-8H,3-5H2,1-2H3/t7-,8?/m0/s1. The second-order valence-electron chi connectivity index (χ2n) is 3.97. The van der Waals surface area contributed by atoms with Crippen molar-refractivity contribution in [3.05, 3.63) is 0 Å². The molecule has 2 aliphatic heterocycles. The van der Waals surface area contributed by atoms with Gasteiger partial charge in [0.05, 0.1) is 0 Å². The van der Waals surface area contributed by atoms with Crippen molar-refractivity contribution in [2.24, 2.45) is 5.92 Å². The second-order valence-corrected chi connectivity index (χ2v) is 3.97. The van der Waals surface area contributed by atoms with Gasteiger partial charge in [0.15, 0.2) is 6.23 Å². The van der Waals surface area contributed by atoms with Crippen molar-refractivity contribution in [3.8, 4) is 0 Å². The normalized spacial score (nSPS) is 35.8. The largest absolute Gasteiger partial charge is 0.445 e. The SMILES string of the molecule is CC(C)C1OC(=O)[C@@H]2CCCN12. The van der Waals surface area contributed by atoms with Crippen molar-refractivity contribution in [1.82, 2.24) is 4.90 Å². The number of rotatable bonds is 1. The van der Waals surface area contributed by atoms with Gasteiger partial charge >= 0.3 is 5.97 Å². The van der Waals surface area contributed by atoms with Gasteiger partial charge in [-0.15, -0.1) is 0 Å². The van der Waals surface area contributed by atoms with Gasteiger partial charge in [0, 0.05) is 12.5 Å². The zero-order valence-corrected chi connectivity index (χ0v) is 7.62. The third-order valence-electron chi connectivity index (χ3n) is 2.70. The Balaban J connectivity index is 2.14. The maximum absolute atomic E-state index is 11.3. The second kappa shape index (κ2) is 2.73. The summed E-state index contributed by atoms with van der Waals surface area (Å²) < 4.78 is 5.28. The fourth-order valence-corrected chi connectivity index (χ4v) is 2.13. The summed E-state index contributed by atoms with van der Waals surface area (Å²) in [6.45, 7) is 5.22. The van der Waals surface area contributed by atoms with E-state index >= 15 is 0 Å². The molecule has 0 spiro atoms. The fraction of sp³-hybridized carbons (Fsp3) is 0.889. The number of ether oxygens (including phenoxy) is 1. The average Bonchev–Trinajstić information content (AvgIpc) is 2.53. The first-order valence-electron chi connectivity index (χ1n) is 4.66. The van der Waals surface area contributed by atoms with E-state index in [0.717, 1.165) is 19.4 Å². The number of carbonyl (C=O) groups excluding carboxylic acids is 1. The Morgan fingerprint density at radius 2 is 2.33 bits per heavy atom. The number of cyclic esters (lactones) is 1. The van der Waals surface area contributed by atoms with Gasteiger partial charge in [-0.1, -0.05) is 13.8 Å². The van der Waals surface area contributed by atoms with Crippen molar-refractivity contribution in [3.63, 3.8) is 0 Å². The highest BCUT2D eigenvalue weighted by molar-refractivity contribution is 5.78. The zero-order valence-electron chi connectivity index (χ0n) is 7.62. The van der Waals surface area contributed by atoms with Gasteiger partial charge in [-0.2, -0.15) is 0 Å². The van der Waals surface area contributed by atoms with Crippen LogP contribution in [0.25, 0.3) is 0 Å². The quantitative estimate of drug-likeness (QED) is 0.548. The minimum atomic E-state index is -0.00815. The molecule has 0 aromatic rings. The third-order valence-corrected chi connectivity index (χ3v) is 2.70. The number of fused-ring (bicyclic) bond motifs is 1. The molecule has 0 N–H and O–H groups in total.